The van der Waals surface area contributed by atoms with E-state index in [0.717, 1.165) is 0 Å². The Labute approximate surface area is 120 Å². The highest BCUT2D eigenvalue weighted by molar-refractivity contribution is 5.23. The van der Waals surface area contributed by atoms with Crippen LogP contribution in [-0.2, 0) is 6.54 Å². The summed E-state index contributed by atoms with van der Waals surface area (Å²) >= 11 is 0. The number of rotatable bonds is 6. The molecule has 1 N–H and O–H groups in total. The third-order valence-electron chi connectivity index (χ3n) is 3.51. The molecule has 0 amide bonds. The summed E-state index contributed by atoms with van der Waals surface area (Å²) in [5.41, 5.74) is 1.33. The molecule has 1 heterocycles. The Balaban J connectivity index is 1.89. The van der Waals surface area contributed by atoms with E-state index >= 15 is 0 Å². The lowest BCUT2D eigenvalue weighted by Crippen LogP contribution is -2.30. The number of hydrogen-bond acceptors (Lipinski definition) is 5. The molecule has 0 aliphatic carbocycles. The number of nitrogens with zero attached hydrogens (tertiary/aromatic N) is 3. The number of hydrogen-bond donors (Lipinski definition) is 1. The van der Waals surface area contributed by atoms with E-state index < -0.39 is 0 Å². The molecule has 1 aromatic heterocycles. The first-order valence-electron chi connectivity index (χ1n) is 6.86. The molecular formula is C15H22N4O. The van der Waals surface area contributed by atoms with Gasteiger partial charge in [-0.1, -0.05) is 37.3 Å². The third kappa shape index (κ3) is 3.57. The fourth-order valence-electron chi connectivity index (χ4n) is 1.97. The minimum Gasteiger partial charge on any atom is -0.344 e. The van der Waals surface area contributed by atoms with Crippen molar-refractivity contribution in [3.63, 3.8) is 0 Å². The number of anilines is 1. The third-order valence-corrected chi connectivity index (χ3v) is 3.51. The van der Waals surface area contributed by atoms with Crippen molar-refractivity contribution in [2.75, 3.05) is 19.0 Å². The van der Waals surface area contributed by atoms with Crippen molar-refractivity contribution < 1.29 is 4.52 Å². The van der Waals surface area contributed by atoms with Crippen molar-refractivity contribution in [1.82, 2.24) is 15.5 Å². The predicted octanol–water partition coefficient (Wildman–Crippen LogP) is 2.42. The fraction of sp³-hybridized carbons (Fsp3) is 0.467. The Kier molecular flexibility index (Phi) is 4.74. The highest BCUT2D eigenvalue weighted by Crippen LogP contribution is 2.18. The van der Waals surface area contributed by atoms with Crippen molar-refractivity contribution in [2.45, 2.75) is 32.4 Å². The van der Waals surface area contributed by atoms with Crippen molar-refractivity contribution in [3.05, 3.63) is 41.8 Å². The van der Waals surface area contributed by atoms with Crippen molar-refractivity contribution >= 4 is 5.95 Å². The van der Waals surface area contributed by atoms with Crippen LogP contribution in [0.3, 0.4) is 0 Å². The molecule has 2 aromatic rings. The first-order valence-corrected chi connectivity index (χ1v) is 6.86. The molecule has 0 aliphatic heterocycles. The van der Waals surface area contributed by atoms with Gasteiger partial charge in [-0.2, -0.15) is 4.98 Å². The lowest BCUT2D eigenvalue weighted by Gasteiger charge is -2.20. The SMILES string of the molecule is C[C@H](NCc1nc(N(C)C)no1)[C@H](C)c1ccccc1. The van der Waals surface area contributed by atoms with Crippen LogP contribution in [0, 0.1) is 0 Å². The summed E-state index contributed by atoms with van der Waals surface area (Å²) in [6.45, 7) is 4.96. The van der Waals surface area contributed by atoms with E-state index in [-0.39, 0.29) is 0 Å². The molecule has 0 saturated heterocycles. The molecule has 0 unspecified atom stereocenters. The van der Waals surface area contributed by atoms with Crippen LogP contribution < -0.4 is 10.2 Å². The molecule has 0 aliphatic rings. The molecular weight excluding hydrogens is 252 g/mol. The summed E-state index contributed by atoms with van der Waals surface area (Å²) in [6, 6.07) is 10.8. The first-order chi connectivity index (χ1) is 9.58. The highest BCUT2D eigenvalue weighted by atomic mass is 16.5. The molecule has 5 nitrogen and oxygen atoms in total. The summed E-state index contributed by atoms with van der Waals surface area (Å²) in [5, 5.41) is 7.33. The van der Waals surface area contributed by atoms with Crippen LogP contribution in [0.5, 0.6) is 0 Å². The molecule has 0 fully saturated rings. The summed E-state index contributed by atoms with van der Waals surface area (Å²) in [4.78, 5) is 6.12. The van der Waals surface area contributed by atoms with E-state index in [4.69, 9.17) is 4.52 Å². The van der Waals surface area contributed by atoms with Crippen LogP contribution in [0.25, 0.3) is 0 Å². The smallest absolute Gasteiger partial charge is 0.265 e. The number of benzene rings is 1. The topological polar surface area (TPSA) is 54.2 Å². The van der Waals surface area contributed by atoms with Gasteiger partial charge in [0.2, 0.25) is 5.89 Å². The quantitative estimate of drug-likeness (QED) is 0.876. The Morgan fingerprint density at radius 1 is 1.20 bits per heavy atom. The van der Waals surface area contributed by atoms with Crippen LogP contribution in [0.4, 0.5) is 5.95 Å². The van der Waals surface area contributed by atoms with Gasteiger partial charge in [0, 0.05) is 20.1 Å². The zero-order chi connectivity index (χ0) is 14.5. The molecule has 5 heteroatoms. The van der Waals surface area contributed by atoms with Gasteiger partial charge in [-0.25, -0.2) is 0 Å². The Bertz CT molecular complexity index is 524. The summed E-state index contributed by atoms with van der Waals surface area (Å²) < 4.78 is 5.20. The summed E-state index contributed by atoms with van der Waals surface area (Å²) in [7, 11) is 3.78. The monoisotopic (exact) mass is 274 g/mol. The molecule has 20 heavy (non-hydrogen) atoms. The first kappa shape index (κ1) is 14.5. The molecule has 0 bridgehead atoms. The minimum absolute atomic E-state index is 0.326. The molecule has 2 rings (SSSR count). The van der Waals surface area contributed by atoms with E-state index in [9.17, 15) is 0 Å². The number of aromatic nitrogens is 2. The maximum absolute atomic E-state index is 5.20. The standard InChI is InChI=1S/C15H22N4O/c1-11(13-8-6-5-7-9-13)12(2)16-10-14-17-15(18-20-14)19(3)4/h5-9,11-12,16H,10H2,1-4H3/t11-,12-/m0/s1. The van der Waals surface area contributed by atoms with E-state index in [2.05, 4.69) is 53.6 Å². The summed E-state index contributed by atoms with van der Waals surface area (Å²) in [5.74, 6) is 1.64. The lowest BCUT2D eigenvalue weighted by atomic mass is 9.94. The molecule has 0 radical (unpaired) electrons. The maximum Gasteiger partial charge on any atom is 0.265 e. The van der Waals surface area contributed by atoms with Gasteiger partial charge in [0.1, 0.15) is 0 Å². The second-order valence-corrected chi connectivity index (χ2v) is 5.25. The normalized spacial score (nSPS) is 14.0. The zero-order valence-electron chi connectivity index (χ0n) is 12.5. The average molecular weight is 274 g/mol. The van der Waals surface area contributed by atoms with Gasteiger partial charge in [0.15, 0.2) is 0 Å². The largest absolute Gasteiger partial charge is 0.344 e. The predicted molar refractivity (Wildman–Crippen MR) is 79.8 cm³/mol. The van der Waals surface area contributed by atoms with Gasteiger partial charge in [0.25, 0.3) is 5.95 Å². The van der Waals surface area contributed by atoms with E-state index in [1.165, 1.54) is 5.56 Å². The Morgan fingerprint density at radius 2 is 1.90 bits per heavy atom. The molecule has 0 saturated carbocycles. The number of nitrogens with one attached hydrogen (secondary N) is 1. The molecule has 0 spiro atoms. The highest BCUT2D eigenvalue weighted by Gasteiger charge is 2.15. The molecule has 108 valence electrons. The van der Waals surface area contributed by atoms with Crippen LogP contribution >= 0.6 is 0 Å². The van der Waals surface area contributed by atoms with Gasteiger partial charge < -0.3 is 14.7 Å². The zero-order valence-corrected chi connectivity index (χ0v) is 12.5. The van der Waals surface area contributed by atoms with Crippen LogP contribution in [-0.4, -0.2) is 30.3 Å². The van der Waals surface area contributed by atoms with Gasteiger partial charge in [0.05, 0.1) is 6.54 Å². The van der Waals surface area contributed by atoms with Crippen molar-refractivity contribution in [2.24, 2.45) is 0 Å². The summed E-state index contributed by atoms with van der Waals surface area (Å²) in [6.07, 6.45) is 0. The minimum atomic E-state index is 0.326. The van der Waals surface area contributed by atoms with Gasteiger partial charge in [-0.05, 0) is 23.6 Å². The molecule has 1 aromatic carbocycles. The molecule has 2 atom stereocenters. The van der Waals surface area contributed by atoms with E-state index in [0.29, 0.717) is 30.3 Å². The van der Waals surface area contributed by atoms with Gasteiger partial charge >= 0.3 is 0 Å². The van der Waals surface area contributed by atoms with Crippen molar-refractivity contribution in [1.29, 1.82) is 0 Å². The van der Waals surface area contributed by atoms with Crippen LogP contribution in [0.2, 0.25) is 0 Å². The van der Waals surface area contributed by atoms with Crippen molar-refractivity contribution in [3.8, 4) is 0 Å². The van der Waals surface area contributed by atoms with Crippen LogP contribution in [0.1, 0.15) is 31.2 Å². The second kappa shape index (κ2) is 6.52. The van der Waals surface area contributed by atoms with E-state index in [1.807, 2.05) is 25.1 Å². The average Bonchev–Trinajstić information content (AvgIpc) is 2.94. The van der Waals surface area contributed by atoms with Gasteiger partial charge in [-0.3, -0.25) is 0 Å². The van der Waals surface area contributed by atoms with Gasteiger partial charge in [-0.15, -0.1) is 0 Å². The second-order valence-electron chi connectivity index (χ2n) is 5.25. The van der Waals surface area contributed by atoms with E-state index in [1.54, 1.807) is 0 Å². The Hall–Kier alpha value is -1.88. The maximum atomic E-state index is 5.20. The lowest BCUT2D eigenvalue weighted by molar-refractivity contribution is 0.352. The Morgan fingerprint density at radius 3 is 2.50 bits per heavy atom. The fourth-order valence-corrected chi connectivity index (χ4v) is 1.97. The van der Waals surface area contributed by atoms with Crippen LogP contribution in [0.15, 0.2) is 34.9 Å².